The van der Waals surface area contributed by atoms with Gasteiger partial charge in [0.2, 0.25) is 0 Å². The Balaban J connectivity index is -0.0000000721. The molecule has 0 aliphatic rings. The molecule has 1 rings (SSSR count). The third-order valence-corrected chi connectivity index (χ3v) is 4.76. The van der Waals surface area contributed by atoms with E-state index in [9.17, 15) is 5.11 Å². The first-order valence-corrected chi connectivity index (χ1v) is 12.6. The van der Waals surface area contributed by atoms with Crippen LogP contribution in [0.25, 0.3) is 0 Å². The maximum Gasteiger partial charge on any atom is 0.155 e. The summed E-state index contributed by atoms with van der Waals surface area (Å²) in [5.41, 5.74) is 0. The van der Waals surface area contributed by atoms with Crippen molar-refractivity contribution in [3.63, 3.8) is 0 Å². The van der Waals surface area contributed by atoms with Gasteiger partial charge in [0.05, 0.1) is 81.1 Å². The van der Waals surface area contributed by atoms with Gasteiger partial charge in [-0.15, -0.1) is 65.8 Å². The van der Waals surface area contributed by atoms with Crippen LogP contribution >= 0.6 is 58.0 Å². The van der Waals surface area contributed by atoms with Gasteiger partial charge < -0.3 is 39.7 Å². The van der Waals surface area contributed by atoms with Gasteiger partial charge in [0.25, 0.3) is 0 Å². The summed E-state index contributed by atoms with van der Waals surface area (Å²) in [5, 5.41) is 41.0. The molecule has 0 saturated carbocycles. The predicted octanol–water partition coefficient (Wildman–Crippen LogP) is 6.66. The molecule has 39 heavy (non-hydrogen) atoms. The maximum absolute atomic E-state index is 9.20. The number of rotatable bonds is 11. The Morgan fingerprint density at radius 3 is 0.795 bits per heavy atom. The van der Waals surface area contributed by atoms with Crippen LogP contribution in [0.3, 0.4) is 0 Å². The smallest absolute Gasteiger partial charge is 0.155 e. The fourth-order valence-electron chi connectivity index (χ4n) is 1.26. The molecule has 0 heterocycles. The highest BCUT2D eigenvalue weighted by Gasteiger charge is 2.18. The molecule has 0 atom stereocenters. The number of ether oxygens (including phenoxy) is 3. The molecule has 0 radical (unpaired) electrons. The largest absolute Gasteiger partial charge is 0.505 e. The molecule has 0 bridgehead atoms. The second-order valence-corrected chi connectivity index (χ2v) is 6.54. The zero-order chi connectivity index (χ0) is 32.7. The molecule has 0 aromatic heterocycles. The molecular formula is C26H45Cl5O8. The minimum atomic E-state index is -0.363. The third kappa shape index (κ3) is 39.1. The van der Waals surface area contributed by atoms with Crippen LogP contribution in [0, 0.1) is 0 Å². The summed E-state index contributed by atoms with van der Waals surface area (Å²) in [4.78, 5) is 0. The van der Waals surface area contributed by atoms with E-state index in [2.05, 4.69) is 65.8 Å². The molecule has 5 N–H and O–H groups in total. The number of hydrogen-bond donors (Lipinski definition) is 5. The molecule has 0 aliphatic heterocycles. The standard InChI is InChI=1S/C8H18O5.C6HCl5O.C2H6O2.5C2H4/c9-1-3-11-5-7-13-8-6-12-4-2-10;7-1-2(8)4(10)6(12)5(11)3(1)9;3-1-2-4;5*1-2/h9-10H,1-8H2;12H;3-4H,1-2H2;5*1-2H2. The van der Waals surface area contributed by atoms with E-state index in [0.29, 0.717) is 39.6 Å². The van der Waals surface area contributed by atoms with E-state index in [1.807, 2.05) is 0 Å². The van der Waals surface area contributed by atoms with Crippen molar-refractivity contribution in [2.24, 2.45) is 0 Å². The SMILES string of the molecule is C=C.C=C.C=C.C=C.C=C.OCCO.OCCOCCOCCOCCO.Oc1c(Cl)c(Cl)c(Cl)c(Cl)c1Cl. The lowest BCUT2D eigenvalue weighted by Crippen LogP contribution is -2.11. The highest BCUT2D eigenvalue weighted by Crippen LogP contribution is 2.47. The molecule has 0 aliphatic carbocycles. The van der Waals surface area contributed by atoms with Crippen molar-refractivity contribution >= 4 is 58.0 Å². The minimum Gasteiger partial charge on any atom is -0.505 e. The Kier molecular flexibility index (Phi) is 73.7. The van der Waals surface area contributed by atoms with Gasteiger partial charge in [-0.2, -0.15) is 0 Å². The van der Waals surface area contributed by atoms with Gasteiger partial charge in [-0.3, -0.25) is 0 Å². The first-order valence-electron chi connectivity index (χ1n) is 10.7. The molecule has 0 amide bonds. The predicted molar refractivity (Wildman–Crippen MR) is 170 cm³/mol. The van der Waals surface area contributed by atoms with Crippen LogP contribution in [0.4, 0.5) is 0 Å². The normalized spacial score (nSPS) is 8.03. The van der Waals surface area contributed by atoms with E-state index >= 15 is 0 Å². The summed E-state index contributed by atoms with van der Waals surface area (Å²) in [6.07, 6.45) is 0. The third-order valence-electron chi connectivity index (χ3n) is 2.50. The van der Waals surface area contributed by atoms with Gasteiger partial charge in [0, 0.05) is 0 Å². The fraction of sp³-hybridized carbons (Fsp3) is 0.385. The number of aliphatic hydroxyl groups is 4. The van der Waals surface area contributed by atoms with Crippen molar-refractivity contribution in [1.82, 2.24) is 0 Å². The summed E-state index contributed by atoms with van der Waals surface area (Å²) < 4.78 is 15.0. The summed E-state index contributed by atoms with van der Waals surface area (Å²) in [6, 6.07) is 0. The average molecular weight is 663 g/mol. The van der Waals surface area contributed by atoms with Gasteiger partial charge in [-0.1, -0.05) is 58.0 Å². The summed E-state index contributed by atoms with van der Waals surface area (Å²) >= 11 is 27.9. The molecule has 0 unspecified atom stereocenters. The van der Waals surface area contributed by atoms with Gasteiger partial charge in [-0.25, -0.2) is 0 Å². The molecule has 0 saturated heterocycles. The fourth-order valence-corrected chi connectivity index (χ4v) is 2.39. The van der Waals surface area contributed by atoms with Crippen LogP contribution in [0.5, 0.6) is 5.75 Å². The summed E-state index contributed by atoms with van der Waals surface area (Å²) in [7, 11) is 0. The number of phenolic OH excluding ortho intramolecular Hbond substituents is 1. The summed E-state index contributed by atoms with van der Waals surface area (Å²) in [6.45, 7) is 32.5. The van der Waals surface area contributed by atoms with E-state index in [0.717, 1.165) is 0 Å². The van der Waals surface area contributed by atoms with Gasteiger partial charge >= 0.3 is 0 Å². The Hall–Kier alpha value is -1.11. The second kappa shape index (κ2) is 53.2. The van der Waals surface area contributed by atoms with Crippen molar-refractivity contribution in [1.29, 1.82) is 0 Å². The Labute approximate surface area is 259 Å². The van der Waals surface area contributed by atoms with Crippen LogP contribution in [0.15, 0.2) is 65.8 Å². The van der Waals surface area contributed by atoms with Crippen LogP contribution in [0.2, 0.25) is 25.1 Å². The van der Waals surface area contributed by atoms with E-state index < -0.39 is 0 Å². The molecule has 8 nitrogen and oxygen atoms in total. The van der Waals surface area contributed by atoms with E-state index in [1.165, 1.54) is 0 Å². The zero-order valence-electron chi connectivity index (χ0n) is 22.5. The number of aliphatic hydroxyl groups excluding tert-OH is 4. The van der Waals surface area contributed by atoms with E-state index in [1.54, 1.807) is 0 Å². The minimum absolute atomic E-state index is 0.00904. The summed E-state index contributed by atoms with van der Waals surface area (Å²) in [5.74, 6) is -0.363. The van der Waals surface area contributed by atoms with Crippen LogP contribution in [0.1, 0.15) is 0 Å². The monoisotopic (exact) mass is 660 g/mol. The zero-order valence-corrected chi connectivity index (χ0v) is 26.3. The van der Waals surface area contributed by atoms with Crippen molar-refractivity contribution in [3.05, 3.63) is 90.9 Å². The Morgan fingerprint density at radius 2 is 0.590 bits per heavy atom. The number of hydrogen-bond acceptors (Lipinski definition) is 8. The number of halogens is 5. The molecule has 0 spiro atoms. The number of aromatic hydroxyl groups is 1. The molecule has 232 valence electrons. The van der Waals surface area contributed by atoms with Gasteiger partial charge in [-0.05, 0) is 0 Å². The molecular weight excluding hydrogens is 618 g/mol. The van der Waals surface area contributed by atoms with Crippen LogP contribution in [-0.4, -0.2) is 91.6 Å². The highest BCUT2D eigenvalue weighted by molar-refractivity contribution is 6.55. The quantitative estimate of drug-likeness (QED) is 0.0770. The van der Waals surface area contributed by atoms with Crippen molar-refractivity contribution in [2.75, 3.05) is 66.1 Å². The van der Waals surface area contributed by atoms with Crippen molar-refractivity contribution in [3.8, 4) is 5.75 Å². The molecule has 0 fully saturated rings. The second-order valence-electron chi connectivity index (χ2n) is 4.65. The maximum atomic E-state index is 9.20. The molecule has 1 aromatic carbocycles. The van der Waals surface area contributed by atoms with Gasteiger partial charge in [0.1, 0.15) is 10.0 Å². The van der Waals surface area contributed by atoms with Crippen molar-refractivity contribution < 1.29 is 39.7 Å². The van der Waals surface area contributed by atoms with E-state index in [4.69, 9.17) is 92.6 Å². The van der Waals surface area contributed by atoms with Gasteiger partial charge in [0.15, 0.2) is 5.75 Å². The first-order chi connectivity index (χ1) is 18.8. The lowest BCUT2D eigenvalue weighted by molar-refractivity contribution is 0.00230. The highest BCUT2D eigenvalue weighted by atomic mass is 35.5. The lowest BCUT2D eigenvalue weighted by atomic mass is 10.3. The molecule has 13 heteroatoms. The van der Waals surface area contributed by atoms with E-state index in [-0.39, 0.29) is 57.3 Å². The lowest BCUT2D eigenvalue weighted by Gasteiger charge is -2.06. The van der Waals surface area contributed by atoms with Crippen LogP contribution in [-0.2, 0) is 14.2 Å². The number of phenols is 1. The first kappa shape index (κ1) is 54.0. The number of benzene rings is 1. The topological polar surface area (TPSA) is 129 Å². The van der Waals surface area contributed by atoms with Crippen LogP contribution < -0.4 is 0 Å². The average Bonchev–Trinajstić information content (AvgIpc) is 3.02. The Bertz CT molecular complexity index is 486. The van der Waals surface area contributed by atoms with Crippen molar-refractivity contribution in [2.45, 2.75) is 0 Å². The Morgan fingerprint density at radius 1 is 0.385 bits per heavy atom. The molecule has 1 aromatic rings.